The number of anilines is 1. The summed E-state index contributed by atoms with van der Waals surface area (Å²) in [7, 11) is 1.24. The van der Waals surface area contributed by atoms with Crippen LogP contribution in [-0.2, 0) is 19.1 Å². The molecule has 0 amide bonds. The van der Waals surface area contributed by atoms with E-state index < -0.39 is 22.8 Å². The molecule has 0 saturated heterocycles. The number of hydrogen-bond donors (Lipinski definition) is 3. The molecule has 0 bridgehead atoms. The fourth-order valence-corrected chi connectivity index (χ4v) is 5.29. The van der Waals surface area contributed by atoms with Crippen molar-refractivity contribution in [2.24, 2.45) is 0 Å². The zero-order valence-corrected chi connectivity index (χ0v) is 25.1. The highest BCUT2D eigenvalue weighted by Gasteiger charge is 2.38. The summed E-state index contributed by atoms with van der Waals surface area (Å²) >= 11 is 0. The van der Waals surface area contributed by atoms with Gasteiger partial charge in [0, 0.05) is 53.1 Å². The van der Waals surface area contributed by atoms with E-state index in [9.17, 15) is 19.7 Å². The van der Waals surface area contributed by atoms with Crippen LogP contribution in [0.3, 0.4) is 0 Å². The van der Waals surface area contributed by atoms with Crippen molar-refractivity contribution in [1.29, 1.82) is 0 Å². The Kier molecular flexibility index (Phi) is 10.9. The first-order chi connectivity index (χ1) is 21.3. The van der Waals surface area contributed by atoms with Crippen LogP contribution in [0.5, 0.6) is 5.75 Å². The van der Waals surface area contributed by atoms with E-state index >= 15 is 0 Å². The van der Waals surface area contributed by atoms with Gasteiger partial charge in [0.1, 0.15) is 5.75 Å². The number of carbonyl (C=O) groups excluding carboxylic acids is 2. The first-order valence-corrected chi connectivity index (χ1v) is 14.4. The molecule has 1 aliphatic rings. The summed E-state index contributed by atoms with van der Waals surface area (Å²) in [4.78, 5) is 37.2. The average molecular weight is 604 g/mol. The minimum Gasteiger partial charge on any atom is -0.493 e. The lowest BCUT2D eigenvalue weighted by atomic mass is 9.80. The lowest BCUT2D eigenvalue weighted by Gasteiger charge is -2.30. The minimum atomic E-state index is -0.909. The third-order valence-electron chi connectivity index (χ3n) is 7.36. The monoisotopic (exact) mass is 603 g/mol. The summed E-state index contributed by atoms with van der Waals surface area (Å²) in [6.07, 6.45) is 1.81. The smallest absolute Gasteiger partial charge is 0.336 e. The predicted molar refractivity (Wildman–Crippen MR) is 166 cm³/mol. The van der Waals surface area contributed by atoms with Gasteiger partial charge in [0.15, 0.2) is 0 Å². The third kappa shape index (κ3) is 7.35. The maximum Gasteiger partial charge on any atom is 0.336 e. The van der Waals surface area contributed by atoms with E-state index in [1.807, 2.05) is 36.4 Å². The third-order valence-corrected chi connectivity index (χ3v) is 7.36. The summed E-state index contributed by atoms with van der Waals surface area (Å²) in [6.45, 7) is 4.70. The molecule has 0 aliphatic carbocycles. The van der Waals surface area contributed by atoms with E-state index in [4.69, 9.17) is 19.3 Å². The quantitative estimate of drug-likeness (QED) is 0.0952. The predicted octanol–water partition coefficient (Wildman–Crippen LogP) is 5.35. The van der Waals surface area contributed by atoms with Crippen LogP contribution in [0.4, 0.5) is 11.4 Å². The topological polar surface area (TPSA) is 149 Å². The van der Waals surface area contributed by atoms with Gasteiger partial charge in [-0.25, -0.2) is 9.59 Å². The van der Waals surface area contributed by atoms with Gasteiger partial charge in [-0.15, -0.1) is 0 Å². The molecule has 1 unspecified atom stereocenters. The second-order valence-corrected chi connectivity index (χ2v) is 10.3. The number of nitrogens with zero attached hydrogens (tertiary/aromatic N) is 1. The van der Waals surface area contributed by atoms with Gasteiger partial charge in [-0.2, -0.15) is 0 Å². The zero-order chi connectivity index (χ0) is 31.6. The molecule has 0 fully saturated rings. The van der Waals surface area contributed by atoms with Crippen LogP contribution >= 0.6 is 0 Å². The Labute approximate surface area is 255 Å². The molecule has 3 aromatic rings. The van der Waals surface area contributed by atoms with Crippen LogP contribution in [0.25, 0.3) is 10.8 Å². The van der Waals surface area contributed by atoms with Gasteiger partial charge in [-0.3, -0.25) is 10.1 Å². The van der Waals surface area contributed by atoms with Gasteiger partial charge in [0.25, 0.3) is 5.69 Å². The van der Waals surface area contributed by atoms with E-state index in [2.05, 4.69) is 10.6 Å². The number of ether oxygens (including phenoxy) is 3. The molecule has 4 rings (SSSR count). The van der Waals surface area contributed by atoms with E-state index in [0.717, 1.165) is 22.2 Å². The Balaban J connectivity index is 1.40. The molecular weight excluding hydrogens is 566 g/mol. The second kappa shape index (κ2) is 15.0. The standard InChI is InChI=1S/C33H37N3O8/c1-21-29(32(38)42-3)31(23-10-6-11-24(20-23)36(40)41)30(22(2)35-21)33(39)44-19-5-4-18-43-28-15-8-12-25-26(28)13-7-14-27(25)34-16-9-17-37/h6-8,10-15,20,31,34-35,37H,4-5,9,16-19H2,1-3H3. The first kappa shape index (κ1) is 32.0. The lowest BCUT2D eigenvalue weighted by molar-refractivity contribution is -0.384. The summed E-state index contributed by atoms with van der Waals surface area (Å²) in [5, 5.41) is 28.9. The maximum atomic E-state index is 13.4. The van der Waals surface area contributed by atoms with Gasteiger partial charge in [-0.1, -0.05) is 36.4 Å². The molecule has 0 radical (unpaired) electrons. The van der Waals surface area contributed by atoms with Crippen molar-refractivity contribution in [2.75, 3.05) is 38.8 Å². The number of methoxy groups -OCH3 is 1. The number of nitrogens with one attached hydrogen (secondary N) is 2. The number of nitro groups is 1. The zero-order valence-electron chi connectivity index (χ0n) is 25.1. The van der Waals surface area contributed by atoms with Crippen LogP contribution in [0.1, 0.15) is 44.6 Å². The van der Waals surface area contributed by atoms with E-state index in [0.29, 0.717) is 49.4 Å². The van der Waals surface area contributed by atoms with Gasteiger partial charge in [0.05, 0.1) is 42.3 Å². The summed E-state index contributed by atoms with van der Waals surface area (Å²) in [6, 6.07) is 17.7. The molecule has 0 aromatic heterocycles. The van der Waals surface area contributed by atoms with Gasteiger partial charge in [0.2, 0.25) is 0 Å². The van der Waals surface area contributed by atoms with Crippen molar-refractivity contribution in [1.82, 2.24) is 5.32 Å². The number of unbranched alkanes of at least 4 members (excludes halogenated alkanes) is 1. The Hall–Kier alpha value is -4.90. The highest BCUT2D eigenvalue weighted by atomic mass is 16.6. The van der Waals surface area contributed by atoms with Crippen molar-refractivity contribution in [3.63, 3.8) is 0 Å². The second-order valence-electron chi connectivity index (χ2n) is 10.3. The van der Waals surface area contributed by atoms with E-state index in [1.165, 1.54) is 25.3 Å². The normalized spacial score (nSPS) is 14.7. The lowest BCUT2D eigenvalue weighted by Crippen LogP contribution is -2.32. The highest BCUT2D eigenvalue weighted by Crippen LogP contribution is 2.40. The number of carbonyl (C=O) groups is 2. The number of hydrogen-bond acceptors (Lipinski definition) is 10. The summed E-state index contributed by atoms with van der Waals surface area (Å²) in [5.74, 6) is -1.44. The average Bonchev–Trinajstić information content (AvgIpc) is 3.02. The van der Waals surface area contributed by atoms with Crippen molar-refractivity contribution in [2.45, 2.75) is 39.0 Å². The molecule has 1 heterocycles. The number of nitro benzene ring substituents is 1. The summed E-state index contributed by atoms with van der Waals surface area (Å²) in [5.41, 5.74) is 2.56. The number of benzene rings is 3. The molecular formula is C33H37N3O8. The fourth-order valence-electron chi connectivity index (χ4n) is 5.29. The number of esters is 2. The van der Waals surface area contributed by atoms with Crippen molar-refractivity contribution in [3.05, 3.63) is 98.9 Å². The van der Waals surface area contributed by atoms with Crippen LogP contribution in [0.15, 0.2) is 83.2 Å². The number of aliphatic hydroxyl groups is 1. The molecule has 1 atom stereocenters. The Morgan fingerprint density at radius 3 is 2.34 bits per heavy atom. The molecule has 0 spiro atoms. The number of non-ortho nitro benzene ring substituents is 1. The molecule has 0 saturated carbocycles. The van der Waals surface area contributed by atoms with Crippen LogP contribution < -0.4 is 15.4 Å². The molecule has 3 aromatic carbocycles. The number of dihydropyridines is 1. The molecule has 3 N–H and O–H groups in total. The number of fused-ring (bicyclic) bond motifs is 1. The molecule has 11 nitrogen and oxygen atoms in total. The number of allylic oxidation sites excluding steroid dienone is 2. The largest absolute Gasteiger partial charge is 0.493 e. The van der Waals surface area contributed by atoms with Crippen molar-refractivity contribution in [3.8, 4) is 5.75 Å². The maximum absolute atomic E-state index is 13.4. The SMILES string of the molecule is COC(=O)C1=C(C)NC(C)=C(C(=O)OCCCCOc2cccc3c(NCCCO)cccc23)C1c1cccc([N+](=O)[O-])c1. The molecule has 1 aliphatic heterocycles. The highest BCUT2D eigenvalue weighted by molar-refractivity contribution is 6.00. The Morgan fingerprint density at radius 2 is 1.61 bits per heavy atom. The Morgan fingerprint density at radius 1 is 0.932 bits per heavy atom. The van der Waals surface area contributed by atoms with Gasteiger partial charge in [-0.05, 0) is 50.8 Å². The summed E-state index contributed by atoms with van der Waals surface area (Å²) < 4.78 is 16.7. The van der Waals surface area contributed by atoms with Gasteiger partial charge >= 0.3 is 11.9 Å². The van der Waals surface area contributed by atoms with E-state index in [-0.39, 0.29) is 30.0 Å². The van der Waals surface area contributed by atoms with Crippen LogP contribution in [0, 0.1) is 10.1 Å². The molecule has 232 valence electrons. The van der Waals surface area contributed by atoms with Crippen molar-refractivity contribution < 1.29 is 33.8 Å². The van der Waals surface area contributed by atoms with Crippen LogP contribution in [0.2, 0.25) is 0 Å². The van der Waals surface area contributed by atoms with Gasteiger partial charge < -0.3 is 30.0 Å². The van der Waals surface area contributed by atoms with Crippen molar-refractivity contribution >= 4 is 34.1 Å². The number of rotatable bonds is 14. The number of aliphatic hydroxyl groups excluding tert-OH is 1. The molecule has 44 heavy (non-hydrogen) atoms. The minimum absolute atomic E-state index is 0.116. The first-order valence-electron chi connectivity index (χ1n) is 14.4. The van der Waals surface area contributed by atoms with Crippen LogP contribution in [-0.4, -0.2) is 55.4 Å². The Bertz CT molecular complexity index is 1600. The van der Waals surface area contributed by atoms with E-state index in [1.54, 1.807) is 19.9 Å². The molecule has 11 heteroatoms. The fraction of sp³-hybridized carbons (Fsp3) is 0.333.